The Hall–Kier alpha value is -0.0800. The van der Waals surface area contributed by atoms with E-state index < -0.39 is 0 Å². The van der Waals surface area contributed by atoms with E-state index in [1.807, 2.05) is 0 Å². The smallest absolute Gasteiger partial charge is 0.0664 e. The number of aliphatic hydroxyl groups excluding tert-OH is 1. The summed E-state index contributed by atoms with van der Waals surface area (Å²) in [5.41, 5.74) is 0.688. The molecule has 0 aromatic heterocycles. The molecule has 0 radical (unpaired) electrons. The molecular weight excluding hydrogens is 162 g/mol. The molecule has 1 saturated heterocycles. The van der Waals surface area contributed by atoms with Crippen molar-refractivity contribution in [1.82, 2.24) is 4.90 Å². The predicted octanol–water partition coefficient (Wildman–Crippen LogP) is 1.63. The second-order valence-electron chi connectivity index (χ2n) is 4.90. The minimum atomic E-state index is -0.102. The van der Waals surface area contributed by atoms with Crippen LogP contribution in [0.5, 0.6) is 0 Å². The van der Waals surface area contributed by atoms with E-state index in [2.05, 4.69) is 11.8 Å². The quantitative estimate of drug-likeness (QED) is 0.719. The van der Waals surface area contributed by atoms with Gasteiger partial charge in [0.15, 0.2) is 0 Å². The first-order chi connectivity index (χ1) is 6.24. The Balaban J connectivity index is 1.78. The van der Waals surface area contributed by atoms with Crippen LogP contribution in [0.2, 0.25) is 0 Å². The highest BCUT2D eigenvalue weighted by atomic mass is 16.3. The molecule has 1 unspecified atom stereocenters. The number of rotatable bonds is 3. The van der Waals surface area contributed by atoms with Gasteiger partial charge >= 0.3 is 0 Å². The van der Waals surface area contributed by atoms with E-state index in [4.69, 9.17) is 0 Å². The van der Waals surface area contributed by atoms with Crippen LogP contribution in [0.15, 0.2) is 0 Å². The van der Waals surface area contributed by atoms with Crippen molar-refractivity contribution in [2.75, 3.05) is 19.6 Å². The van der Waals surface area contributed by atoms with Gasteiger partial charge in [-0.2, -0.15) is 0 Å². The topological polar surface area (TPSA) is 23.5 Å². The average Bonchev–Trinajstić information content (AvgIpc) is 2.48. The van der Waals surface area contributed by atoms with Crippen molar-refractivity contribution in [1.29, 1.82) is 0 Å². The molecule has 2 nitrogen and oxygen atoms in total. The maximum Gasteiger partial charge on any atom is 0.0664 e. The number of hydrogen-bond acceptors (Lipinski definition) is 2. The highest BCUT2D eigenvalue weighted by Gasteiger charge is 2.42. The fourth-order valence-corrected chi connectivity index (χ4v) is 2.70. The molecule has 1 aliphatic carbocycles. The first-order valence-corrected chi connectivity index (χ1v) is 5.64. The van der Waals surface area contributed by atoms with E-state index in [-0.39, 0.29) is 6.10 Å². The molecule has 1 atom stereocenters. The fraction of sp³-hybridized carbons (Fsp3) is 1.00. The zero-order valence-corrected chi connectivity index (χ0v) is 8.63. The fourth-order valence-electron chi connectivity index (χ4n) is 2.70. The summed E-state index contributed by atoms with van der Waals surface area (Å²) in [6, 6.07) is 0. The first-order valence-electron chi connectivity index (χ1n) is 5.64. The van der Waals surface area contributed by atoms with Crippen LogP contribution < -0.4 is 0 Å². The number of aliphatic hydroxyl groups is 1. The third-order valence-corrected chi connectivity index (χ3v) is 3.87. The van der Waals surface area contributed by atoms with E-state index in [0.29, 0.717) is 5.41 Å². The Morgan fingerprint density at radius 2 is 2.15 bits per heavy atom. The molecule has 1 aliphatic heterocycles. The van der Waals surface area contributed by atoms with Gasteiger partial charge in [-0.3, -0.25) is 0 Å². The summed E-state index contributed by atoms with van der Waals surface area (Å²) < 4.78 is 0. The molecule has 2 fully saturated rings. The van der Waals surface area contributed by atoms with Crippen molar-refractivity contribution in [3.63, 3.8) is 0 Å². The monoisotopic (exact) mass is 183 g/mol. The van der Waals surface area contributed by atoms with Gasteiger partial charge in [0.1, 0.15) is 0 Å². The predicted molar refractivity (Wildman–Crippen MR) is 53.6 cm³/mol. The highest BCUT2D eigenvalue weighted by molar-refractivity contribution is 4.95. The van der Waals surface area contributed by atoms with Gasteiger partial charge in [-0.25, -0.2) is 0 Å². The molecule has 0 aromatic rings. The van der Waals surface area contributed by atoms with Crippen LogP contribution in [0.4, 0.5) is 0 Å². The SMILES string of the molecule is CCC(O)CN1CCC2(CCC2)C1. The molecular formula is C11H21NO. The van der Waals surface area contributed by atoms with Gasteiger partial charge < -0.3 is 10.0 Å². The summed E-state index contributed by atoms with van der Waals surface area (Å²) in [6.07, 6.45) is 6.48. The van der Waals surface area contributed by atoms with Gasteiger partial charge in [-0.15, -0.1) is 0 Å². The van der Waals surface area contributed by atoms with Gasteiger partial charge in [0.2, 0.25) is 0 Å². The normalized spacial score (nSPS) is 29.1. The van der Waals surface area contributed by atoms with Crippen LogP contribution in [0.1, 0.15) is 39.0 Å². The Kier molecular flexibility index (Phi) is 2.61. The van der Waals surface area contributed by atoms with E-state index in [0.717, 1.165) is 13.0 Å². The van der Waals surface area contributed by atoms with Crippen LogP contribution in [0.3, 0.4) is 0 Å². The Morgan fingerprint density at radius 1 is 1.38 bits per heavy atom. The molecule has 1 heterocycles. The number of hydrogen-bond donors (Lipinski definition) is 1. The largest absolute Gasteiger partial charge is 0.392 e. The molecule has 0 amide bonds. The Bertz CT molecular complexity index is 177. The van der Waals surface area contributed by atoms with Crippen molar-refractivity contribution in [2.24, 2.45) is 5.41 Å². The van der Waals surface area contributed by atoms with Crippen molar-refractivity contribution in [3.05, 3.63) is 0 Å². The van der Waals surface area contributed by atoms with Gasteiger partial charge in [-0.05, 0) is 37.6 Å². The van der Waals surface area contributed by atoms with Crippen LogP contribution in [-0.2, 0) is 0 Å². The standard InChI is InChI=1S/C11H21NO/c1-2-10(13)8-12-7-6-11(9-12)4-3-5-11/h10,13H,2-9H2,1H3. The summed E-state index contributed by atoms with van der Waals surface area (Å²) in [6.45, 7) is 5.43. The molecule has 2 aliphatic rings. The lowest BCUT2D eigenvalue weighted by Crippen LogP contribution is -2.36. The van der Waals surface area contributed by atoms with Gasteiger partial charge in [-0.1, -0.05) is 13.3 Å². The Labute approximate surface area is 80.9 Å². The van der Waals surface area contributed by atoms with E-state index in [1.54, 1.807) is 0 Å². The average molecular weight is 183 g/mol. The Morgan fingerprint density at radius 3 is 2.62 bits per heavy atom. The maximum atomic E-state index is 9.54. The minimum absolute atomic E-state index is 0.102. The zero-order valence-electron chi connectivity index (χ0n) is 8.63. The molecule has 1 N–H and O–H groups in total. The molecule has 0 aromatic carbocycles. The molecule has 1 saturated carbocycles. The first kappa shape index (κ1) is 9.47. The molecule has 1 spiro atoms. The summed E-state index contributed by atoms with van der Waals surface area (Å²) in [5, 5.41) is 9.54. The van der Waals surface area contributed by atoms with Gasteiger partial charge in [0.05, 0.1) is 6.10 Å². The molecule has 2 heteroatoms. The van der Waals surface area contributed by atoms with Crippen molar-refractivity contribution in [3.8, 4) is 0 Å². The van der Waals surface area contributed by atoms with E-state index in [1.165, 1.54) is 38.8 Å². The van der Waals surface area contributed by atoms with E-state index in [9.17, 15) is 5.11 Å². The maximum absolute atomic E-state index is 9.54. The summed E-state index contributed by atoms with van der Waals surface area (Å²) >= 11 is 0. The lowest BCUT2D eigenvalue weighted by molar-refractivity contribution is 0.0959. The molecule has 0 bridgehead atoms. The van der Waals surface area contributed by atoms with Crippen LogP contribution in [0, 0.1) is 5.41 Å². The zero-order chi connectivity index (χ0) is 9.31. The van der Waals surface area contributed by atoms with Gasteiger partial charge in [0.25, 0.3) is 0 Å². The second-order valence-corrected chi connectivity index (χ2v) is 4.90. The molecule has 13 heavy (non-hydrogen) atoms. The van der Waals surface area contributed by atoms with Crippen molar-refractivity contribution < 1.29 is 5.11 Å². The summed E-state index contributed by atoms with van der Waals surface area (Å²) in [4.78, 5) is 2.45. The number of β-amino-alcohol motifs (C(OH)–C–C–N with tert-alkyl or cyclic N) is 1. The van der Waals surface area contributed by atoms with Crippen LogP contribution >= 0.6 is 0 Å². The second kappa shape index (κ2) is 3.58. The number of nitrogens with zero attached hydrogens (tertiary/aromatic N) is 1. The van der Waals surface area contributed by atoms with Crippen LogP contribution in [-0.4, -0.2) is 35.7 Å². The minimum Gasteiger partial charge on any atom is -0.392 e. The van der Waals surface area contributed by atoms with Crippen LogP contribution in [0.25, 0.3) is 0 Å². The molecule has 76 valence electrons. The summed E-state index contributed by atoms with van der Waals surface area (Å²) in [5.74, 6) is 0. The van der Waals surface area contributed by atoms with Gasteiger partial charge in [0, 0.05) is 13.1 Å². The summed E-state index contributed by atoms with van der Waals surface area (Å²) in [7, 11) is 0. The third-order valence-electron chi connectivity index (χ3n) is 3.87. The number of likely N-dealkylation sites (tertiary alicyclic amines) is 1. The molecule has 2 rings (SSSR count). The third kappa shape index (κ3) is 1.89. The van der Waals surface area contributed by atoms with E-state index >= 15 is 0 Å². The van der Waals surface area contributed by atoms with Crippen molar-refractivity contribution in [2.45, 2.75) is 45.1 Å². The lowest BCUT2D eigenvalue weighted by atomic mass is 9.68. The van der Waals surface area contributed by atoms with Crippen molar-refractivity contribution >= 4 is 0 Å². The lowest BCUT2D eigenvalue weighted by Gasteiger charge is -2.38. The highest BCUT2D eigenvalue weighted by Crippen LogP contribution is 2.47.